The number of methoxy groups -OCH3 is 1. The Morgan fingerprint density at radius 1 is 1.09 bits per heavy atom. The van der Waals surface area contributed by atoms with Crippen LogP contribution < -0.4 is 14.8 Å². The number of thiazole rings is 1. The molecule has 9 heteroatoms. The summed E-state index contributed by atoms with van der Waals surface area (Å²) in [4.78, 5) is 16.9. The van der Waals surface area contributed by atoms with E-state index < -0.39 is 5.82 Å². The summed E-state index contributed by atoms with van der Waals surface area (Å²) >= 11 is 7.37. The predicted molar refractivity (Wildman–Crippen MR) is 127 cm³/mol. The van der Waals surface area contributed by atoms with E-state index in [1.54, 1.807) is 41.8 Å². The minimum Gasteiger partial charge on any atom is -0.493 e. The number of aromatic nitrogens is 1. The van der Waals surface area contributed by atoms with Gasteiger partial charge in [0.15, 0.2) is 11.5 Å². The van der Waals surface area contributed by atoms with Crippen LogP contribution in [-0.2, 0) is 13.2 Å². The van der Waals surface area contributed by atoms with E-state index in [2.05, 4.69) is 10.3 Å². The van der Waals surface area contributed by atoms with Crippen molar-refractivity contribution >= 4 is 28.8 Å². The molecule has 0 aliphatic carbocycles. The van der Waals surface area contributed by atoms with Gasteiger partial charge in [-0.2, -0.15) is 0 Å². The average Bonchev–Trinajstić information content (AvgIpc) is 3.34. The minimum atomic E-state index is -0.448. The third-order valence-corrected chi connectivity index (χ3v) is 6.19. The third kappa shape index (κ3) is 5.52. The number of carbonyl (C=O) groups is 1. The zero-order valence-corrected chi connectivity index (χ0v) is 19.6. The molecule has 3 aromatic carbocycles. The molecule has 1 aromatic heterocycles. The Bertz CT molecular complexity index is 1290. The number of nitrogens with zero attached hydrogens (tertiary/aromatic N) is 1. The number of carbonyl (C=O) groups excluding carboxylic acids is 1. The molecule has 0 unspecified atom stereocenters. The fourth-order valence-electron chi connectivity index (χ4n) is 3.13. The first-order valence-electron chi connectivity index (χ1n) is 10.2. The Labute approximate surface area is 203 Å². The first-order valence-corrected chi connectivity index (χ1v) is 11.4. The van der Waals surface area contributed by atoms with Crippen molar-refractivity contribution in [3.05, 3.63) is 99.5 Å². The maximum absolute atomic E-state index is 14.0. The van der Waals surface area contributed by atoms with Crippen LogP contribution >= 0.6 is 22.9 Å². The molecule has 0 aliphatic heterocycles. The molecule has 0 atom stereocenters. The molecule has 5 nitrogen and oxygen atoms in total. The van der Waals surface area contributed by atoms with Crippen LogP contribution in [0.1, 0.15) is 21.6 Å². The summed E-state index contributed by atoms with van der Waals surface area (Å²) in [7, 11) is 1.50. The van der Waals surface area contributed by atoms with Gasteiger partial charge in [-0.3, -0.25) is 4.79 Å². The van der Waals surface area contributed by atoms with E-state index in [9.17, 15) is 13.6 Å². The van der Waals surface area contributed by atoms with Gasteiger partial charge >= 0.3 is 0 Å². The molecule has 0 spiro atoms. The van der Waals surface area contributed by atoms with Crippen molar-refractivity contribution in [3.63, 3.8) is 0 Å². The quantitative estimate of drug-likeness (QED) is 0.310. The van der Waals surface area contributed by atoms with Gasteiger partial charge in [0.2, 0.25) is 0 Å². The lowest BCUT2D eigenvalue weighted by Crippen LogP contribution is -2.23. The zero-order chi connectivity index (χ0) is 24.1. The van der Waals surface area contributed by atoms with Gasteiger partial charge in [0, 0.05) is 23.1 Å². The number of hydrogen-bond acceptors (Lipinski definition) is 5. The van der Waals surface area contributed by atoms with Crippen molar-refractivity contribution in [1.82, 2.24) is 10.3 Å². The molecular formula is C25H19ClF2N2O3S. The maximum atomic E-state index is 14.0. The lowest BCUT2D eigenvalue weighted by Gasteiger charge is -2.13. The first-order chi connectivity index (χ1) is 16.4. The van der Waals surface area contributed by atoms with Gasteiger partial charge in [0.05, 0.1) is 12.1 Å². The monoisotopic (exact) mass is 500 g/mol. The smallest absolute Gasteiger partial charge is 0.271 e. The van der Waals surface area contributed by atoms with E-state index in [0.717, 1.165) is 11.1 Å². The standard InChI is InChI=1S/C25H19ClF2N2O3S/c1-32-23-11-16(7-10-22(23)33-13-18-19(26)3-2-4-20(18)28)25-30-21(14-34-25)24(31)29-12-15-5-8-17(27)9-6-15/h2-11,14H,12-13H2,1H3,(H,29,31). The van der Waals surface area contributed by atoms with E-state index in [4.69, 9.17) is 21.1 Å². The molecule has 174 valence electrons. The molecule has 0 bridgehead atoms. The Morgan fingerprint density at radius 3 is 2.62 bits per heavy atom. The lowest BCUT2D eigenvalue weighted by molar-refractivity contribution is 0.0946. The van der Waals surface area contributed by atoms with Crippen LogP contribution in [-0.4, -0.2) is 18.0 Å². The Hall–Kier alpha value is -3.49. The fourth-order valence-corrected chi connectivity index (χ4v) is 4.14. The van der Waals surface area contributed by atoms with Crippen molar-refractivity contribution in [1.29, 1.82) is 0 Å². The molecule has 1 heterocycles. The highest BCUT2D eigenvalue weighted by Crippen LogP contribution is 2.34. The number of ether oxygens (including phenoxy) is 2. The summed E-state index contributed by atoms with van der Waals surface area (Å²) < 4.78 is 38.2. The summed E-state index contributed by atoms with van der Waals surface area (Å²) in [5, 5.41) is 5.33. The number of rotatable bonds is 8. The van der Waals surface area contributed by atoms with Crippen molar-refractivity contribution in [3.8, 4) is 22.1 Å². The second kappa shape index (κ2) is 10.6. The number of benzene rings is 3. The minimum absolute atomic E-state index is 0.0587. The molecule has 0 fully saturated rings. The van der Waals surface area contributed by atoms with E-state index >= 15 is 0 Å². The number of nitrogens with one attached hydrogen (secondary N) is 1. The molecule has 1 amide bonds. The SMILES string of the molecule is COc1cc(-c2nc(C(=O)NCc3ccc(F)cc3)cs2)ccc1OCc1c(F)cccc1Cl. The summed E-state index contributed by atoms with van der Waals surface area (Å²) in [5.41, 5.74) is 2.04. The summed E-state index contributed by atoms with van der Waals surface area (Å²) in [6.07, 6.45) is 0. The van der Waals surface area contributed by atoms with Gasteiger partial charge in [-0.05, 0) is 48.0 Å². The Morgan fingerprint density at radius 2 is 1.88 bits per heavy atom. The second-order valence-electron chi connectivity index (χ2n) is 7.20. The fraction of sp³-hybridized carbons (Fsp3) is 0.120. The van der Waals surface area contributed by atoms with Crippen LogP contribution in [0.3, 0.4) is 0 Å². The topological polar surface area (TPSA) is 60.5 Å². The largest absolute Gasteiger partial charge is 0.493 e. The van der Waals surface area contributed by atoms with Crippen molar-refractivity contribution in [2.24, 2.45) is 0 Å². The normalized spacial score (nSPS) is 10.7. The van der Waals surface area contributed by atoms with Gasteiger partial charge in [-0.25, -0.2) is 13.8 Å². The van der Waals surface area contributed by atoms with Crippen LogP contribution in [0.4, 0.5) is 8.78 Å². The molecule has 34 heavy (non-hydrogen) atoms. The second-order valence-corrected chi connectivity index (χ2v) is 8.47. The Balaban J connectivity index is 1.44. The lowest BCUT2D eigenvalue weighted by atomic mass is 10.2. The number of halogens is 3. The van der Waals surface area contributed by atoms with Gasteiger partial charge < -0.3 is 14.8 Å². The van der Waals surface area contributed by atoms with E-state index in [0.29, 0.717) is 16.5 Å². The Kier molecular flexibility index (Phi) is 7.40. The van der Waals surface area contributed by atoms with Gasteiger partial charge in [0.1, 0.15) is 28.9 Å². The van der Waals surface area contributed by atoms with Crippen LogP contribution in [0.25, 0.3) is 10.6 Å². The van der Waals surface area contributed by atoms with Crippen LogP contribution in [0, 0.1) is 11.6 Å². The van der Waals surface area contributed by atoms with Gasteiger partial charge in [0.25, 0.3) is 5.91 Å². The summed E-state index contributed by atoms with van der Waals surface area (Å²) in [6, 6.07) is 15.6. The average molecular weight is 501 g/mol. The highest BCUT2D eigenvalue weighted by molar-refractivity contribution is 7.13. The first kappa shape index (κ1) is 23.7. The van der Waals surface area contributed by atoms with Crippen LogP contribution in [0.15, 0.2) is 66.0 Å². The summed E-state index contributed by atoms with van der Waals surface area (Å²) in [5.74, 6) is -0.263. The molecule has 4 rings (SSSR count). The maximum Gasteiger partial charge on any atom is 0.271 e. The highest BCUT2D eigenvalue weighted by Gasteiger charge is 2.15. The highest BCUT2D eigenvalue weighted by atomic mass is 35.5. The van der Waals surface area contributed by atoms with Gasteiger partial charge in [-0.15, -0.1) is 11.3 Å². The van der Waals surface area contributed by atoms with Crippen LogP contribution in [0.2, 0.25) is 5.02 Å². The molecule has 1 N–H and O–H groups in total. The van der Waals surface area contributed by atoms with Crippen molar-refractivity contribution in [2.45, 2.75) is 13.2 Å². The summed E-state index contributed by atoms with van der Waals surface area (Å²) in [6.45, 7) is 0.203. The van der Waals surface area contributed by atoms with E-state index in [-0.39, 0.29) is 41.2 Å². The molecule has 0 saturated carbocycles. The zero-order valence-electron chi connectivity index (χ0n) is 18.0. The van der Waals surface area contributed by atoms with Crippen molar-refractivity contribution in [2.75, 3.05) is 7.11 Å². The van der Waals surface area contributed by atoms with Crippen LogP contribution in [0.5, 0.6) is 11.5 Å². The number of hydrogen-bond donors (Lipinski definition) is 1. The molecule has 4 aromatic rings. The predicted octanol–water partition coefficient (Wildman–Crippen LogP) is 6.26. The molecule has 0 radical (unpaired) electrons. The molecular weight excluding hydrogens is 482 g/mol. The van der Waals surface area contributed by atoms with Crippen molar-refractivity contribution < 1.29 is 23.0 Å². The molecule has 0 saturated heterocycles. The van der Waals surface area contributed by atoms with Gasteiger partial charge in [-0.1, -0.05) is 29.8 Å². The number of amides is 1. The molecule has 0 aliphatic rings. The van der Waals surface area contributed by atoms with E-state index in [1.165, 1.54) is 42.7 Å². The van der Waals surface area contributed by atoms with E-state index in [1.807, 2.05) is 0 Å². The third-order valence-electron chi connectivity index (χ3n) is 4.95.